The van der Waals surface area contributed by atoms with Crippen LogP contribution < -0.4 is 10.6 Å². The topological polar surface area (TPSA) is 108 Å². The minimum absolute atomic E-state index is 0.00998. The number of nitrogens with zero attached hydrogens (tertiary/aromatic N) is 1. The minimum Gasteiger partial charge on any atom is -0.508 e. The summed E-state index contributed by atoms with van der Waals surface area (Å²) in [6, 6.07) is 7.22. The number of para-hydroxylation sites is 1. The van der Waals surface area contributed by atoms with Crippen molar-refractivity contribution in [3.63, 3.8) is 0 Å². The van der Waals surface area contributed by atoms with Gasteiger partial charge in [-0.05, 0) is 39.7 Å². The van der Waals surface area contributed by atoms with E-state index in [2.05, 4.69) is 16.7 Å². The molecule has 1 atom stereocenters. The predicted molar refractivity (Wildman–Crippen MR) is 116 cm³/mol. The molecule has 0 spiro atoms. The van der Waals surface area contributed by atoms with Crippen LogP contribution in [0.5, 0.6) is 5.75 Å². The maximum absolute atomic E-state index is 13.2. The smallest absolute Gasteiger partial charge is 0.408 e. The Morgan fingerprint density at radius 1 is 1.23 bits per heavy atom. The Hall–Kier alpha value is -3.21. The number of ether oxygens (including phenoxy) is 1. The summed E-state index contributed by atoms with van der Waals surface area (Å²) in [6.07, 6.45) is 9.68. The van der Waals surface area contributed by atoms with Crippen LogP contribution in [0.15, 0.2) is 24.3 Å². The van der Waals surface area contributed by atoms with Crippen molar-refractivity contribution in [3.8, 4) is 18.2 Å². The van der Waals surface area contributed by atoms with Crippen LogP contribution in [0.4, 0.5) is 4.79 Å². The van der Waals surface area contributed by atoms with Gasteiger partial charge in [0, 0.05) is 17.6 Å². The summed E-state index contributed by atoms with van der Waals surface area (Å²) in [5.74, 6) is -1.31. The van der Waals surface area contributed by atoms with Gasteiger partial charge in [0.25, 0.3) is 5.91 Å². The lowest BCUT2D eigenvalue weighted by atomic mass is 9.94. The predicted octanol–water partition coefficient (Wildman–Crippen LogP) is 2.83. The highest BCUT2D eigenvalue weighted by Crippen LogP contribution is 2.29. The molecule has 0 radical (unpaired) electrons. The molecule has 1 fully saturated rings. The molecule has 1 aliphatic carbocycles. The van der Waals surface area contributed by atoms with Gasteiger partial charge in [0.15, 0.2) is 6.04 Å². The summed E-state index contributed by atoms with van der Waals surface area (Å²) in [5, 5.41) is 15.6. The lowest BCUT2D eigenvalue weighted by molar-refractivity contribution is -0.137. The van der Waals surface area contributed by atoms with Gasteiger partial charge in [0.1, 0.15) is 17.9 Å². The third kappa shape index (κ3) is 7.21. The number of carbonyl (C=O) groups is 3. The van der Waals surface area contributed by atoms with Crippen LogP contribution in [0.1, 0.15) is 64.5 Å². The Balaban J connectivity index is 2.20. The number of carbonyl (C=O) groups excluding carboxylic acids is 3. The van der Waals surface area contributed by atoms with Crippen molar-refractivity contribution in [3.05, 3.63) is 29.8 Å². The second-order valence-electron chi connectivity index (χ2n) is 8.55. The molecule has 1 aromatic carbocycles. The third-order valence-electron chi connectivity index (χ3n) is 4.88. The zero-order valence-electron chi connectivity index (χ0n) is 18.3. The van der Waals surface area contributed by atoms with Crippen LogP contribution in [0, 0.1) is 12.5 Å². The van der Waals surface area contributed by atoms with Crippen molar-refractivity contribution in [2.75, 3.05) is 6.54 Å². The van der Waals surface area contributed by atoms with Crippen LogP contribution in [0.2, 0.25) is 0 Å². The van der Waals surface area contributed by atoms with Gasteiger partial charge < -0.3 is 20.5 Å². The third-order valence-corrected chi connectivity index (χ3v) is 4.88. The Morgan fingerprint density at radius 2 is 1.87 bits per heavy atom. The van der Waals surface area contributed by atoms with Crippen LogP contribution in [-0.4, -0.2) is 46.1 Å². The number of aromatic hydroxyl groups is 1. The highest BCUT2D eigenvalue weighted by molar-refractivity contribution is 5.92. The molecule has 1 saturated carbocycles. The van der Waals surface area contributed by atoms with E-state index in [1.165, 1.54) is 6.07 Å². The molecule has 8 nitrogen and oxygen atoms in total. The van der Waals surface area contributed by atoms with Crippen molar-refractivity contribution in [1.82, 2.24) is 15.5 Å². The van der Waals surface area contributed by atoms with E-state index in [1.807, 2.05) is 0 Å². The summed E-state index contributed by atoms with van der Waals surface area (Å²) in [7, 11) is 0. The molecule has 2 rings (SSSR count). The zero-order chi connectivity index (χ0) is 23.0. The molecule has 168 valence electrons. The van der Waals surface area contributed by atoms with Crippen LogP contribution in [0.3, 0.4) is 0 Å². The van der Waals surface area contributed by atoms with Gasteiger partial charge in [-0.25, -0.2) is 4.79 Å². The summed E-state index contributed by atoms with van der Waals surface area (Å²) < 4.78 is 5.12. The van der Waals surface area contributed by atoms with E-state index in [0.717, 1.165) is 37.0 Å². The average molecular weight is 430 g/mol. The van der Waals surface area contributed by atoms with Crippen LogP contribution >= 0.6 is 0 Å². The van der Waals surface area contributed by atoms with E-state index in [-0.39, 0.29) is 17.4 Å². The second-order valence-corrected chi connectivity index (χ2v) is 8.55. The Bertz CT molecular complexity index is 834. The molecule has 1 aromatic rings. The van der Waals surface area contributed by atoms with Gasteiger partial charge in [-0.2, -0.15) is 0 Å². The second kappa shape index (κ2) is 10.7. The molecule has 0 saturated heterocycles. The zero-order valence-corrected chi connectivity index (χ0v) is 18.3. The number of hydrogen-bond acceptors (Lipinski definition) is 5. The van der Waals surface area contributed by atoms with Crippen LogP contribution in [0.25, 0.3) is 0 Å². The number of alkyl carbamates (subject to hydrolysis) is 1. The minimum atomic E-state index is -1.24. The highest BCUT2D eigenvalue weighted by Gasteiger charge is 2.34. The fourth-order valence-electron chi connectivity index (χ4n) is 3.48. The number of phenolic OH excluding ortho intramolecular Hbond substituents is 1. The molecule has 0 aliphatic heterocycles. The lowest BCUT2D eigenvalue weighted by Crippen LogP contribution is -2.48. The van der Waals surface area contributed by atoms with Gasteiger partial charge in [-0.1, -0.05) is 43.9 Å². The molecule has 8 heteroatoms. The number of rotatable bonds is 6. The standard InChI is InChI=1S/C23H31N3O5/c1-5-26(19(28)15-24-22(30)31-23(2,3)4)20(17-13-9-10-14-18(17)27)21(29)25-16-11-7-6-8-12-16/h1,9-10,13-14,16,20,27H,6-8,11-12,15H2,2-4H3,(H,24,30)(H,25,29). The first-order chi connectivity index (χ1) is 14.6. The summed E-state index contributed by atoms with van der Waals surface area (Å²) in [6.45, 7) is 4.64. The molecular weight excluding hydrogens is 398 g/mol. The van der Waals surface area contributed by atoms with Crippen molar-refractivity contribution in [2.24, 2.45) is 0 Å². The maximum atomic E-state index is 13.2. The van der Waals surface area contributed by atoms with Crippen molar-refractivity contribution >= 4 is 17.9 Å². The molecule has 3 amide bonds. The largest absolute Gasteiger partial charge is 0.508 e. The van der Waals surface area contributed by atoms with E-state index < -0.39 is 36.1 Å². The van der Waals surface area contributed by atoms with E-state index in [9.17, 15) is 19.5 Å². The van der Waals surface area contributed by atoms with Gasteiger partial charge >= 0.3 is 6.09 Å². The molecular formula is C23H31N3O5. The van der Waals surface area contributed by atoms with E-state index >= 15 is 0 Å². The van der Waals surface area contributed by atoms with Crippen molar-refractivity contribution in [2.45, 2.75) is 70.6 Å². The first kappa shape index (κ1) is 24.1. The number of terminal acetylenes is 1. The maximum Gasteiger partial charge on any atom is 0.408 e. The molecule has 0 heterocycles. The van der Waals surface area contributed by atoms with Gasteiger partial charge in [0.05, 0.1) is 0 Å². The quantitative estimate of drug-likeness (QED) is 0.476. The average Bonchev–Trinajstić information content (AvgIpc) is 2.70. The number of amides is 3. The molecule has 0 aromatic heterocycles. The number of nitrogens with one attached hydrogen (secondary N) is 2. The molecule has 3 N–H and O–H groups in total. The summed E-state index contributed by atoms with van der Waals surface area (Å²) in [5.41, 5.74) is -0.517. The first-order valence-corrected chi connectivity index (χ1v) is 10.5. The SMILES string of the molecule is C#CN(C(=O)CNC(=O)OC(C)(C)C)C(C(=O)NC1CCCCC1)c1ccccc1O. The van der Waals surface area contributed by atoms with Gasteiger partial charge in [-0.3, -0.25) is 14.5 Å². The fourth-order valence-corrected chi connectivity index (χ4v) is 3.48. The monoisotopic (exact) mass is 429 g/mol. The van der Waals surface area contributed by atoms with Crippen LogP contribution in [-0.2, 0) is 14.3 Å². The van der Waals surface area contributed by atoms with Gasteiger partial charge in [-0.15, -0.1) is 0 Å². The van der Waals surface area contributed by atoms with Crippen molar-refractivity contribution in [1.29, 1.82) is 0 Å². The van der Waals surface area contributed by atoms with E-state index in [4.69, 9.17) is 11.2 Å². The fraction of sp³-hybridized carbons (Fsp3) is 0.522. The summed E-state index contributed by atoms with van der Waals surface area (Å²) >= 11 is 0. The normalized spacial score (nSPS) is 15.3. The lowest BCUT2D eigenvalue weighted by Gasteiger charge is -2.30. The van der Waals surface area contributed by atoms with Crippen molar-refractivity contribution < 1.29 is 24.2 Å². The molecule has 1 aliphatic rings. The Kier molecular flexibility index (Phi) is 8.31. The first-order valence-electron chi connectivity index (χ1n) is 10.5. The summed E-state index contributed by atoms with van der Waals surface area (Å²) in [4.78, 5) is 38.8. The molecule has 1 unspecified atom stereocenters. The Labute approximate surface area is 183 Å². The van der Waals surface area contributed by atoms with Gasteiger partial charge in [0.2, 0.25) is 5.91 Å². The van der Waals surface area contributed by atoms with E-state index in [0.29, 0.717) is 0 Å². The number of benzene rings is 1. The molecule has 0 bridgehead atoms. The number of phenols is 1. The highest BCUT2D eigenvalue weighted by atomic mass is 16.6. The number of hydrogen-bond donors (Lipinski definition) is 3. The molecule has 31 heavy (non-hydrogen) atoms. The Morgan fingerprint density at radius 3 is 2.45 bits per heavy atom. The van der Waals surface area contributed by atoms with E-state index in [1.54, 1.807) is 39.0 Å².